The molecule has 0 N–H and O–H groups in total. The molecule has 23 heavy (non-hydrogen) atoms. The van der Waals surface area contributed by atoms with Gasteiger partial charge < -0.3 is 0 Å². The first-order valence-corrected chi connectivity index (χ1v) is 8.53. The molecule has 2 heterocycles. The molecule has 4 nitrogen and oxygen atoms in total. The van der Waals surface area contributed by atoms with Crippen LogP contribution in [0.1, 0.15) is 0 Å². The number of rotatable bonds is 3. The van der Waals surface area contributed by atoms with E-state index in [2.05, 4.69) is 9.97 Å². The van der Waals surface area contributed by atoms with Crippen LogP contribution in [0.3, 0.4) is 0 Å². The van der Waals surface area contributed by atoms with Gasteiger partial charge in [0.2, 0.25) is 0 Å². The molecule has 2 aromatic heterocycles. The maximum absolute atomic E-state index is 12.9. The van der Waals surface area contributed by atoms with Gasteiger partial charge in [-0.2, -0.15) is 0 Å². The Morgan fingerprint density at radius 3 is 2.30 bits per heavy atom. The van der Waals surface area contributed by atoms with E-state index in [1.807, 2.05) is 30.5 Å². The van der Waals surface area contributed by atoms with Crippen molar-refractivity contribution in [1.82, 2.24) is 14.5 Å². The third kappa shape index (κ3) is 3.02. The first-order chi connectivity index (χ1) is 11.1. The van der Waals surface area contributed by atoms with Crippen molar-refractivity contribution in [2.75, 3.05) is 6.26 Å². The molecule has 3 rings (SSSR count). The van der Waals surface area contributed by atoms with Gasteiger partial charge in [-0.3, -0.25) is 14.3 Å². The van der Waals surface area contributed by atoms with Crippen molar-refractivity contribution in [3.8, 4) is 22.4 Å². The zero-order chi connectivity index (χ0) is 16.4. The van der Waals surface area contributed by atoms with Crippen molar-refractivity contribution in [2.24, 2.45) is 7.05 Å². The normalized spacial score (nSPS) is 10.7. The molecule has 0 aliphatic heterocycles. The second-order valence-corrected chi connectivity index (χ2v) is 6.14. The molecule has 0 spiro atoms. The van der Waals surface area contributed by atoms with Crippen molar-refractivity contribution in [1.29, 1.82) is 0 Å². The number of halogens is 1. The van der Waals surface area contributed by atoms with E-state index >= 15 is 0 Å². The Bertz CT molecular complexity index is 892. The molecular formula is C17H14ClN3OS. The average molecular weight is 344 g/mol. The maximum Gasteiger partial charge on any atom is 0.262 e. The number of hydrogen-bond acceptors (Lipinski definition) is 4. The highest BCUT2D eigenvalue weighted by Crippen LogP contribution is 2.29. The molecule has 116 valence electrons. The first-order valence-electron chi connectivity index (χ1n) is 6.93. The zero-order valence-corrected chi connectivity index (χ0v) is 14.2. The summed E-state index contributed by atoms with van der Waals surface area (Å²) in [7, 11) is 1.73. The molecule has 3 aromatic rings. The van der Waals surface area contributed by atoms with E-state index in [9.17, 15) is 4.79 Å². The summed E-state index contributed by atoms with van der Waals surface area (Å²) < 4.78 is 1.57. The van der Waals surface area contributed by atoms with E-state index in [4.69, 9.17) is 11.6 Å². The van der Waals surface area contributed by atoms with Gasteiger partial charge in [0.05, 0.1) is 11.3 Å². The fraction of sp³-hybridized carbons (Fsp3) is 0.118. The lowest BCUT2D eigenvalue weighted by Gasteiger charge is -2.13. The summed E-state index contributed by atoms with van der Waals surface area (Å²) in [6.07, 6.45) is 5.29. The van der Waals surface area contributed by atoms with E-state index in [1.54, 1.807) is 36.1 Å². The molecule has 0 saturated carbocycles. The Hall–Kier alpha value is -2.11. The average Bonchev–Trinajstić information content (AvgIpc) is 2.59. The Morgan fingerprint density at radius 2 is 1.70 bits per heavy atom. The molecule has 1 aromatic carbocycles. The summed E-state index contributed by atoms with van der Waals surface area (Å²) in [6.45, 7) is 0. The van der Waals surface area contributed by atoms with Crippen LogP contribution in [0.4, 0.5) is 0 Å². The molecule has 0 amide bonds. The van der Waals surface area contributed by atoms with Gasteiger partial charge in [0.15, 0.2) is 5.16 Å². The van der Waals surface area contributed by atoms with Crippen LogP contribution in [0, 0.1) is 0 Å². The van der Waals surface area contributed by atoms with Gasteiger partial charge in [-0.15, -0.1) is 0 Å². The summed E-state index contributed by atoms with van der Waals surface area (Å²) in [5.74, 6) is 0. The standard InChI is InChI=1S/C17H14ClN3OS/c1-21-16(22)14(11-3-5-13(18)6-4-11)15(20-17(21)23-2)12-7-9-19-10-8-12/h3-10H,1-2H3. The van der Waals surface area contributed by atoms with Crippen LogP contribution < -0.4 is 5.56 Å². The van der Waals surface area contributed by atoms with E-state index < -0.39 is 0 Å². The summed E-state index contributed by atoms with van der Waals surface area (Å²) in [6, 6.07) is 10.9. The Kier molecular flexibility index (Phi) is 4.50. The van der Waals surface area contributed by atoms with Crippen LogP contribution >= 0.6 is 23.4 Å². The van der Waals surface area contributed by atoms with Crippen LogP contribution in [-0.4, -0.2) is 20.8 Å². The molecule has 0 aliphatic rings. The van der Waals surface area contributed by atoms with Gasteiger partial charge in [-0.1, -0.05) is 35.5 Å². The minimum absolute atomic E-state index is 0.0847. The van der Waals surface area contributed by atoms with Crippen LogP contribution in [0.25, 0.3) is 22.4 Å². The lowest BCUT2D eigenvalue weighted by atomic mass is 10.0. The molecule has 0 unspecified atom stereocenters. The monoisotopic (exact) mass is 343 g/mol. The van der Waals surface area contributed by atoms with Gasteiger partial charge in [0.1, 0.15) is 0 Å². The molecule has 0 aliphatic carbocycles. The van der Waals surface area contributed by atoms with Crippen molar-refractivity contribution in [3.63, 3.8) is 0 Å². The first kappa shape index (κ1) is 15.8. The van der Waals surface area contributed by atoms with Gasteiger partial charge in [-0.05, 0) is 36.1 Å². The second-order valence-electron chi connectivity index (χ2n) is 4.93. The number of benzene rings is 1. The maximum atomic E-state index is 12.9. The Balaban J connectivity index is 2.35. The van der Waals surface area contributed by atoms with Gasteiger partial charge in [-0.25, -0.2) is 4.98 Å². The predicted octanol–water partition coefficient (Wildman–Crippen LogP) is 3.88. The molecule has 0 bridgehead atoms. The second kappa shape index (κ2) is 6.56. The minimum atomic E-state index is -0.0847. The van der Waals surface area contributed by atoms with Crippen LogP contribution in [0.2, 0.25) is 5.02 Å². The number of thioether (sulfide) groups is 1. The largest absolute Gasteiger partial charge is 0.290 e. The van der Waals surface area contributed by atoms with Crippen molar-refractivity contribution < 1.29 is 0 Å². The fourth-order valence-corrected chi connectivity index (χ4v) is 3.03. The highest BCUT2D eigenvalue weighted by Gasteiger charge is 2.17. The molecule has 0 fully saturated rings. The quantitative estimate of drug-likeness (QED) is 0.535. The SMILES string of the molecule is CSc1nc(-c2ccncc2)c(-c2ccc(Cl)cc2)c(=O)n1C. The zero-order valence-electron chi connectivity index (χ0n) is 12.7. The highest BCUT2D eigenvalue weighted by molar-refractivity contribution is 7.98. The highest BCUT2D eigenvalue weighted by atomic mass is 35.5. The van der Waals surface area contributed by atoms with E-state index in [-0.39, 0.29) is 5.56 Å². The predicted molar refractivity (Wildman–Crippen MR) is 94.9 cm³/mol. The van der Waals surface area contributed by atoms with E-state index in [1.165, 1.54) is 11.8 Å². The third-order valence-corrected chi connectivity index (χ3v) is 4.50. The smallest absolute Gasteiger partial charge is 0.262 e. The van der Waals surface area contributed by atoms with Crippen molar-refractivity contribution in [2.45, 2.75) is 5.16 Å². The number of hydrogen-bond donors (Lipinski definition) is 0. The van der Waals surface area contributed by atoms with Crippen molar-refractivity contribution in [3.05, 3.63) is 64.2 Å². The van der Waals surface area contributed by atoms with Gasteiger partial charge in [0.25, 0.3) is 5.56 Å². The Labute approximate surface area is 143 Å². The van der Waals surface area contributed by atoms with Crippen LogP contribution in [0.5, 0.6) is 0 Å². The van der Waals surface area contributed by atoms with Crippen LogP contribution in [-0.2, 0) is 7.05 Å². The fourth-order valence-electron chi connectivity index (χ4n) is 2.36. The molecule has 0 saturated heterocycles. The molecule has 0 radical (unpaired) electrons. The summed E-state index contributed by atoms with van der Waals surface area (Å²) in [4.78, 5) is 21.6. The summed E-state index contributed by atoms with van der Waals surface area (Å²) >= 11 is 7.40. The van der Waals surface area contributed by atoms with Crippen LogP contribution in [0.15, 0.2) is 58.7 Å². The molecular weight excluding hydrogens is 330 g/mol. The van der Waals surface area contributed by atoms with E-state index in [0.29, 0.717) is 21.4 Å². The number of nitrogens with zero attached hydrogens (tertiary/aromatic N) is 3. The van der Waals surface area contributed by atoms with Gasteiger partial charge in [0, 0.05) is 30.0 Å². The topological polar surface area (TPSA) is 47.8 Å². The molecule has 0 atom stereocenters. The minimum Gasteiger partial charge on any atom is -0.290 e. The molecule has 6 heteroatoms. The third-order valence-electron chi connectivity index (χ3n) is 3.52. The lowest BCUT2D eigenvalue weighted by Crippen LogP contribution is -2.22. The van der Waals surface area contributed by atoms with Crippen molar-refractivity contribution >= 4 is 23.4 Å². The number of pyridine rings is 1. The Morgan fingerprint density at radius 1 is 1.04 bits per heavy atom. The lowest BCUT2D eigenvalue weighted by molar-refractivity contribution is 0.715. The summed E-state index contributed by atoms with van der Waals surface area (Å²) in [5, 5.41) is 1.30. The number of aromatic nitrogens is 3. The summed E-state index contributed by atoms with van der Waals surface area (Å²) in [5.41, 5.74) is 2.79. The van der Waals surface area contributed by atoms with Gasteiger partial charge >= 0.3 is 0 Å². The van der Waals surface area contributed by atoms with E-state index in [0.717, 1.165) is 11.1 Å².